The molecule has 0 spiro atoms. The molecule has 14 heavy (non-hydrogen) atoms. The lowest BCUT2D eigenvalue weighted by Gasteiger charge is -2.30. The van der Waals surface area contributed by atoms with Crippen LogP contribution in [0.4, 0.5) is 0 Å². The van der Waals surface area contributed by atoms with Crippen LogP contribution in [0.3, 0.4) is 0 Å². The summed E-state index contributed by atoms with van der Waals surface area (Å²) in [6, 6.07) is 3.36. The summed E-state index contributed by atoms with van der Waals surface area (Å²) in [5.41, 5.74) is 0.694. The number of hydrogen-bond acceptors (Lipinski definition) is 2. The van der Waals surface area contributed by atoms with Gasteiger partial charge in [-0.3, -0.25) is 4.79 Å². The van der Waals surface area contributed by atoms with Gasteiger partial charge in [0.25, 0.3) is 0 Å². The molecule has 0 radical (unpaired) electrons. The SMILES string of the molecule is CCC(CC)(OC)c1ccc(=O)[nH]c1. The third-order valence-corrected chi connectivity index (χ3v) is 2.84. The smallest absolute Gasteiger partial charge is 0.247 e. The van der Waals surface area contributed by atoms with Gasteiger partial charge >= 0.3 is 0 Å². The second-order valence-electron chi connectivity index (χ2n) is 3.35. The van der Waals surface area contributed by atoms with Crippen LogP contribution in [0.25, 0.3) is 0 Å². The molecule has 1 rings (SSSR count). The highest BCUT2D eigenvalue weighted by molar-refractivity contribution is 5.18. The van der Waals surface area contributed by atoms with E-state index in [1.54, 1.807) is 13.3 Å². The van der Waals surface area contributed by atoms with Crippen molar-refractivity contribution in [2.45, 2.75) is 32.3 Å². The van der Waals surface area contributed by atoms with Gasteiger partial charge in [0.15, 0.2) is 0 Å². The molecule has 0 aromatic carbocycles. The Morgan fingerprint density at radius 3 is 2.36 bits per heavy atom. The van der Waals surface area contributed by atoms with E-state index in [9.17, 15) is 4.79 Å². The lowest BCUT2D eigenvalue weighted by molar-refractivity contribution is -0.0220. The zero-order chi connectivity index (χ0) is 10.6. The van der Waals surface area contributed by atoms with Crippen molar-refractivity contribution in [3.05, 3.63) is 34.2 Å². The van der Waals surface area contributed by atoms with Crippen molar-refractivity contribution in [2.24, 2.45) is 0 Å². The Labute approximate surface area is 84.1 Å². The van der Waals surface area contributed by atoms with Crippen LogP contribution in [-0.2, 0) is 10.3 Å². The third-order valence-electron chi connectivity index (χ3n) is 2.84. The predicted octanol–water partition coefficient (Wildman–Crippen LogP) is 2.04. The fraction of sp³-hybridized carbons (Fsp3) is 0.545. The Balaban J connectivity index is 3.11. The van der Waals surface area contributed by atoms with Crippen LogP contribution in [0.5, 0.6) is 0 Å². The highest BCUT2D eigenvalue weighted by atomic mass is 16.5. The van der Waals surface area contributed by atoms with E-state index in [0.29, 0.717) is 0 Å². The van der Waals surface area contributed by atoms with Crippen molar-refractivity contribution in [2.75, 3.05) is 7.11 Å². The lowest BCUT2D eigenvalue weighted by Crippen LogP contribution is -2.27. The van der Waals surface area contributed by atoms with E-state index >= 15 is 0 Å². The van der Waals surface area contributed by atoms with Gasteiger partial charge in [-0.1, -0.05) is 13.8 Å². The van der Waals surface area contributed by atoms with E-state index in [-0.39, 0.29) is 11.2 Å². The number of nitrogens with one attached hydrogen (secondary N) is 1. The molecule has 0 atom stereocenters. The van der Waals surface area contributed by atoms with Gasteiger partial charge in [-0.15, -0.1) is 0 Å². The molecule has 78 valence electrons. The minimum Gasteiger partial charge on any atom is -0.373 e. The maximum absolute atomic E-state index is 10.9. The minimum absolute atomic E-state index is 0.0778. The first-order valence-corrected chi connectivity index (χ1v) is 4.93. The van der Waals surface area contributed by atoms with E-state index in [4.69, 9.17) is 4.74 Å². The molecule has 1 aromatic heterocycles. The number of H-pyrrole nitrogens is 1. The summed E-state index contributed by atoms with van der Waals surface area (Å²) in [7, 11) is 1.71. The Bertz CT molecular complexity index is 311. The van der Waals surface area contributed by atoms with Gasteiger partial charge in [-0.25, -0.2) is 0 Å². The summed E-state index contributed by atoms with van der Waals surface area (Å²) in [6.45, 7) is 4.16. The van der Waals surface area contributed by atoms with Crippen molar-refractivity contribution < 1.29 is 4.74 Å². The first kappa shape index (κ1) is 11.0. The summed E-state index contributed by atoms with van der Waals surface area (Å²) >= 11 is 0. The molecule has 3 heteroatoms. The number of aromatic amines is 1. The van der Waals surface area contributed by atoms with Crippen LogP contribution in [0.1, 0.15) is 32.3 Å². The molecule has 0 saturated heterocycles. The number of rotatable bonds is 4. The largest absolute Gasteiger partial charge is 0.373 e. The molecule has 1 aromatic rings. The fourth-order valence-electron chi connectivity index (χ4n) is 1.76. The lowest BCUT2D eigenvalue weighted by atomic mass is 9.89. The third kappa shape index (κ3) is 1.87. The second kappa shape index (κ2) is 4.42. The highest BCUT2D eigenvalue weighted by Crippen LogP contribution is 2.31. The molecule has 0 unspecified atom stereocenters. The van der Waals surface area contributed by atoms with Crippen molar-refractivity contribution in [3.63, 3.8) is 0 Å². The average molecular weight is 195 g/mol. The Kier molecular flexibility index (Phi) is 3.47. The van der Waals surface area contributed by atoms with Gasteiger partial charge in [0.05, 0.1) is 5.60 Å². The van der Waals surface area contributed by atoms with Crippen LogP contribution in [0.15, 0.2) is 23.1 Å². The molecule has 0 bridgehead atoms. The number of aromatic nitrogens is 1. The molecule has 1 heterocycles. The molecule has 0 aliphatic heterocycles. The molecule has 0 saturated carbocycles. The van der Waals surface area contributed by atoms with E-state index in [1.807, 2.05) is 6.07 Å². The maximum atomic E-state index is 10.9. The molecule has 1 N–H and O–H groups in total. The normalized spacial score (nSPS) is 11.6. The van der Waals surface area contributed by atoms with Gasteiger partial charge in [-0.2, -0.15) is 0 Å². The summed E-state index contributed by atoms with van der Waals surface area (Å²) < 4.78 is 5.54. The Hall–Kier alpha value is -1.09. The molecule has 0 aliphatic carbocycles. The zero-order valence-electron chi connectivity index (χ0n) is 8.96. The monoisotopic (exact) mass is 195 g/mol. The van der Waals surface area contributed by atoms with E-state index in [0.717, 1.165) is 18.4 Å². The number of methoxy groups -OCH3 is 1. The highest BCUT2D eigenvalue weighted by Gasteiger charge is 2.27. The summed E-state index contributed by atoms with van der Waals surface area (Å²) in [5, 5.41) is 0. The summed E-state index contributed by atoms with van der Waals surface area (Å²) in [5.74, 6) is 0. The van der Waals surface area contributed by atoms with E-state index < -0.39 is 0 Å². The topological polar surface area (TPSA) is 42.1 Å². The quantitative estimate of drug-likeness (QED) is 0.798. The van der Waals surface area contributed by atoms with Gasteiger partial charge in [0.2, 0.25) is 5.56 Å². The minimum atomic E-state index is -0.260. The maximum Gasteiger partial charge on any atom is 0.247 e. The number of pyridine rings is 1. The zero-order valence-corrected chi connectivity index (χ0v) is 8.96. The van der Waals surface area contributed by atoms with Crippen LogP contribution >= 0.6 is 0 Å². The van der Waals surface area contributed by atoms with Crippen LogP contribution < -0.4 is 5.56 Å². The van der Waals surface area contributed by atoms with Gasteiger partial charge in [0, 0.05) is 24.9 Å². The summed E-state index contributed by atoms with van der Waals surface area (Å²) in [4.78, 5) is 13.6. The van der Waals surface area contributed by atoms with Crippen LogP contribution in [-0.4, -0.2) is 12.1 Å². The van der Waals surface area contributed by atoms with Gasteiger partial charge in [0.1, 0.15) is 0 Å². The van der Waals surface area contributed by atoms with Crippen molar-refractivity contribution >= 4 is 0 Å². The number of ether oxygens (including phenoxy) is 1. The van der Waals surface area contributed by atoms with Gasteiger partial charge < -0.3 is 9.72 Å². The van der Waals surface area contributed by atoms with Crippen LogP contribution in [0, 0.1) is 0 Å². The molecule has 3 nitrogen and oxygen atoms in total. The van der Waals surface area contributed by atoms with Gasteiger partial charge in [-0.05, 0) is 18.9 Å². The Morgan fingerprint density at radius 2 is 2.00 bits per heavy atom. The molecular weight excluding hydrogens is 178 g/mol. The fourth-order valence-corrected chi connectivity index (χ4v) is 1.76. The molecule has 0 aliphatic rings. The van der Waals surface area contributed by atoms with Crippen molar-refractivity contribution in [1.29, 1.82) is 0 Å². The van der Waals surface area contributed by atoms with Crippen LogP contribution in [0.2, 0.25) is 0 Å². The average Bonchev–Trinajstić information content (AvgIpc) is 2.24. The molecular formula is C11H17NO2. The van der Waals surface area contributed by atoms with E-state index in [1.165, 1.54) is 6.07 Å². The molecule has 0 fully saturated rings. The number of hydrogen-bond donors (Lipinski definition) is 1. The van der Waals surface area contributed by atoms with Crippen molar-refractivity contribution in [1.82, 2.24) is 4.98 Å². The van der Waals surface area contributed by atoms with Crippen molar-refractivity contribution in [3.8, 4) is 0 Å². The predicted molar refractivity (Wildman–Crippen MR) is 56.3 cm³/mol. The first-order valence-electron chi connectivity index (χ1n) is 4.93. The summed E-state index contributed by atoms with van der Waals surface area (Å²) in [6.07, 6.45) is 3.52. The Morgan fingerprint density at radius 1 is 1.36 bits per heavy atom. The van der Waals surface area contributed by atoms with E-state index in [2.05, 4.69) is 18.8 Å². The second-order valence-corrected chi connectivity index (χ2v) is 3.35. The standard InChI is InChI=1S/C11H17NO2/c1-4-11(5-2,14-3)9-6-7-10(13)12-8-9/h6-8H,4-5H2,1-3H3,(H,12,13). The first-order chi connectivity index (χ1) is 6.68. The molecule has 0 amide bonds.